The van der Waals surface area contributed by atoms with Crippen molar-refractivity contribution in [2.45, 2.75) is 52.1 Å². The molecule has 0 radical (unpaired) electrons. The largest absolute Gasteiger partial charge is 0.324 e. The van der Waals surface area contributed by atoms with Crippen LogP contribution in [0.25, 0.3) is 0 Å². The summed E-state index contributed by atoms with van der Waals surface area (Å²) in [5, 5.41) is 0. The minimum absolute atomic E-state index is 0.183. The lowest BCUT2D eigenvalue weighted by Crippen LogP contribution is -2.36. The minimum Gasteiger partial charge on any atom is -0.324 e. The molecule has 1 saturated carbocycles. The third-order valence-corrected chi connectivity index (χ3v) is 4.46. The molecule has 1 fully saturated rings. The fourth-order valence-electron chi connectivity index (χ4n) is 2.82. The van der Waals surface area contributed by atoms with Crippen LogP contribution in [0.4, 0.5) is 4.39 Å². The summed E-state index contributed by atoms with van der Waals surface area (Å²) in [6, 6.07) is 7.40. The van der Waals surface area contributed by atoms with Gasteiger partial charge in [0.1, 0.15) is 5.82 Å². The summed E-state index contributed by atoms with van der Waals surface area (Å²) < 4.78 is 13.9. The van der Waals surface area contributed by atoms with E-state index in [-0.39, 0.29) is 17.8 Å². The van der Waals surface area contributed by atoms with E-state index in [0.717, 1.165) is 25.0 Å². The van der Waals surface area contributed by atoms with E-state index >= 15 is 0 Å². The van der Waals surface area contributed by atoms with Crippen molar-refractivity contribution in [3.05, 3.63) is 35.6 Å². The van der Waals surface area contributed by atoms with Crippen LogP contribution in [0.1, 0.15) is 51.6 Å². The van der Waals surface area contributed by atoms with Crippen LogP contribution in [0, 0.1) is 17.7 Å². The Kier molecular flexibility index (Phi) is 5.77. The van der Waals surface area contributed by atoms with Gasteiger partial charge in [-0.2, -0.15) is 0 Å². The van der Waals surface area contributed by atoms with Gasteiger partial charge in [0, 0.05) is 24.2 Å². The van der Waals surface area contributed by atoms with E-state index < -0.39 is 0 Å². The molecular weight excluding hydrogens is 263 g/mol. The number of rotatable bonds is 8. The summed E-state index contributed by atoms with van der Waals surface area (Å²) in [5.74, 6) is 0.800. The maximum absolute atomic E-state index is 13.9. The summed E-state index contributed by atoms with van der Waals surface area (Å²) in [4.78, 5) is 2.56. The highest BCUT2D eigenvalue weighted by atomic mass is 19.1. The second-order valence-corrected chi connectivity index (χ2v) is 6.93. The zero-order chi connectivity index (χ0) is 15.4. The fourth-order valence-corrected chi connectivity index (χ4v) is 2.82. The van der Waals surface area contributed by atoms with Crippen LogP contribution in [0.5, 0.6) is 0 Å². The number of benzene rings is 1. The Morgan fingerprint density at radius 1 is 1.24 bits per heavy atom. The third kappa shape index (κ3) is 4.79. The van der Waals surface area contributed by atoms with E-state index in [1.54, 1.807) is 6.07 Å². The lowest BCUT2D eigenvalue weighted by Gasteiger charge is -2.29. The molecule has 0 bridgehead atoms. The van der Waals surface area contributed by atoms with Crippen molar-refractivity contribution in [2.24, 2.45) is 17.6 Å². The molecule has 1 aromatic rings. The third-order valence-electron chi connectivity index (χ3n) is 4.46. The van der Waals surface area contributed by atoms with Gasteiger partial charge in [0.25, 0.3) is 0 Å². The van der Waals surface area contributed by atoms with Gasteiger partial charge in [-0.3, -0.25) is 0 Å². The molecule has 2 rings (SSSR count). The average molecular weight is 292 g/mol. The van der Waals surface area contributed by atoms with Gasteiger partial charge in [-0.05, 0) is 43.7 Å². The normalized spacial score (nSPS) is 18.2. The van der Waals surface area contributed by atoms with E-state index in [4.69, 9.17) is 5.73 Å². The van der Waals surface area contributed by atoms with Gasteiger partial charge in [-0.15, -0.1) is 0 Å². The maximum atomic E-state index is 13.9. The first-order chi connectivity index (χ1) is 9.99. The standard InChI is InChI=1S/C18H29FN2/c1-13(2)10-11-21(15-8-9-15)12-14(3)18(20)16-6-4-5-7-17(16)19/h4-7,13-15,18H,8-12,20H2,1-3H3. The molecule has 118 valence electrons. The molecule has 2 nitrogen and oxygen atoms in total. The molecule has 0 spiro atoms. The minimum atomic E-state index is -0.230. The number of halogens is 1. The quantitative estimate of drug-likeness (QED) is 0.785. The van der Waals surface area contributed by atoms with Crippen LogP contribution in [-0.2, 0) is 0 Å². The maximum Gasteiger partial charge on any atom is 0.127 e. The van der Waals surface area contributed by atoms with Gasteiger partial charge in [-0.1, -0.05) is 39.0 Å². The fraction of sp³-hybridized carbons (Fsp3) is 0.667. The smallest absolute Gasteiger partial charge is 0.127 e. The molecule has 0 heterocycles. The van der Waals surface area contributed by atoms with Crippen LogP contribution in [0.15, 0.2) is 24.3 Å². The lowest BCUT2D eigenvalue weighted by atomic mass is 9.94. The lowest BCUT2D eigenvalue weighted by molar-refractivity contribution is 0.202. The predicted molar refractivity (Wildman–Crippen MR) is 86.5 cm³/mol. The van der Waals surface area contributed by atoms with E-state index in [9.17, 15) is 4.39 Å². The molecule has 0 aliphatic heterocycles. The molecule has 1 aromatic carbocycles. The SMILES string of the molecule is CC(C)CCN(CC(C)C(N)c1ccccc1F)C1CC1. The summed E-state index contributed by atoms with van der Waals surface area (Å²) in [6.07, 6.45) is 3.83. The summed E-state index contributed by atoms with van der Waals surface area (Å²) in [5.41, 5.74) is 6.94. The Morgan fingerprint density at radius 3 is 2.48 bits per heavy atom. The van der Waals surface area contributed by atoms with Crippen LogP contribution >= 0.6 is 0 Å². The topological polar surface area (TPSA) is 29.3 Å². The summed E-state index contributed by atoms with van der Waals surface area (Å²) in [7, 11) is 0. The second kappa shape index (κ2) is 7.37. The molecule has 2 unspecified atom stereocenters. The van der Waals surface area contributed by atoms with Gasteiger partial charge in [0.15, 0.2) is 0 Å². The van der Waals surface area contributed by atoms with Crippen LogP contribution in [0.2, 0.25) is 0 Å². The Morgan fingerprint density at radius 2 is 1.90 bits per heavy atom. The first-order valence-electron chi connectivity index (χ1n) is 8.23. The van der Waals surface area contributed by atoms with Crippen molar-refractivity contribution in [1.82, 2.24) is 4.90 Å². The molecule has 1 aliphatic rings. The van der Waals surface area contributed by atoms with Crippen molar-refractivity contribution < 1.29 is 4.39 Å². The second-order valence-electron chi connectivity index (χ2n) is 6.93. The number of hydrogen-bond donors (Lipinski definition) is 1. The molecule has 21 heavy (non-hydrogen) atoms. The zero-order valence-electron chi connectivity index (χ0n) is 13.6. The first kappa shape index (κ1) is 16.4. The molecule has 0 amide bonds. The van der Waals surface area contributed by atoms with Gasteiger partial charge in [-0.25, -0.2) is 4.39 Å². The van der Waals surface area contributed by atoms with Gasteiger partial charge < -0.3 is 10.6 Å². The average Bonchev–Trinajstić information content (AvgIpc) is 3.27. The van der Waals surface area contributed by atoms with E-state index in [2.05, 4.69) is 25.7 Å². The van der Waals surface area contributed by atoms with Gasteiger partial charge >= 0.3 is 0 Å². The predicted octanol–water partition coefficient (Wildman–Crippen LogP) is 3.97. The van der Waals surface area contributed by atoms with Crippen molar-refractivity contribution in [3.63, 3.8) is 0 Å². The van der Waals surface area contributed by atoms with E-state index in [0.29, 0.717) is 5.56 Å². The van der Waals surface area contributed by atoms with Crippen LogP contribution < -0.4 is 5.73 Å². The molecule has 0 saturated heterocycles. The molecule has 2 atom stereocenters. The number of hydrogen-bond acceptors (Lipinski definition) is 2. The Balaban J connectivity index is 1.95. The summed E-state index contributed by atoms with van der Waals surface area (Å²) >= 11 is 0. The Hall–Kier alpha value is -0.930. The zero-order valence-corrected chi connectivity index (χ0v) is 13.6. The number of nitrogens with zero attached hydrogens (tertiary/aromatic N) is 1. The van der Waals surface area contributed by atoms with E-state index in [1.165, 1.54) is 25.3 Å². The molecule has 3 heteroatoms. The van der Waals surface area contributed by atoms with Gasteiger partial charge in [0.2, 0.25) is 0 Å². The molecule has 0 aromatic heterocycles. The Labute approximate surface area is 128 Å². The highest BCUT2D eigenvalue weighted by molar-refractivity contribution is 5.21. The van der Waals surface area contributed by atoms with Crippen molar-refractivity contribution in [1.29, 1.82) is 0 Å². The van der Waals surface area contributed by atoms with E-state index in [1.807, 2.05) is 12.1 Å². The van der Waals surface area contributed by atoms with Crippen molar-refractivity contribution in [3.8, 4) is 0 Å². The highest BCUT2D eigenvalue weighted by Crippen LogP contribution is 2.30. The van der Waals surface area contributed by atoms with Crippen LogP contribution in [-0.4, -0.2) is 24.0 Å². The van der Waals surface area contributed by atoms with Gasteiger partial charge in [0.05, 0.1) is 0 Å². The Bertz CT molecular complexity index is 443. The van der Waals surface area contributed by atoms with Crippen molar-refractivity contribution in [2.75, 3.05) is 13.1 Å². The number of nitrogens with two attached hydrogens (primary N) is 1. The first-order valence-corrected chi connectivity index (χ1v) is 8.23. The van der Waals surface area contributed by atoms with Crippen LogP contribution in [0.3, 0.4) is 0 Å². The summed E-state index contributed by atoms with van der Waals surface area (Å²) in [6.45, 7) is 8.77. The highest BCUT2D eigenvalue weighted by Gasteiger charge is 2.31. The molecule has 1 aliphatic carbocycles. The van der Waals surface area contributed by atoms with Crippen molar-refractivity contribution >= 4 is 0 Å². The molecular formula is C18H29FN2. The monoisotopic (exact) mass is 292 g/mol. The molecule has 2 N–H and O–H groups in total.